The number of nitrogens with one attached hydrogen (secondary N) is 1. The molecule has 1 heterocycles. The summed E-state index contributed by atoms with van der Waals surface area (Å²) in [4.78, 5) is 5.55. The monoisotopic (exact) mass is 254 g/mol. The molecule has 0 unspecified atom stereocenters. The van der Waals surface area contributed by atoms with Crippen molar-refractivity contribution in [3.05, 3.63) is 16.1 Å². The highest BCUT2D eigenvalue weighted by atomic mass is 32.1. The number of hydrogen-bond acceptors (Lipinski definition) is 4. The summed E-state index contributed by atoms with van der Waals surface area (Å²) in [6.07, 6.45) is 4.61. The highest BCUT2D eigenvalue weighted by Crippen LogP contribution is 2.32. The van der Waals surface area contributed by atoms with Crippen LogP contribution in [0.1, 0.15) is 43.2 Å². The van der Waals surface area contributed by atoms with Crippen molar-refractivity contribution in [1.82, 2.24) is 10.3 Å². The van der Waals surface area contributed by atoms with Crippen molar-refractivity contribution < 1.29 is 5.11 Å². The molecule has 0 saturated heterocycles. The minimum atomic E-state index is -0.0526. The molecule has 1 aliphatic rings. The lowest BCUT2D eigenvalue weighted by Crippen LogP contribution is -2.50. The molecule has 3 nitrogen and oxygen atoms in total. The van der Waals surface area contributed by atoms with E-state index < -0.39 is 0 Å². The Morgan fingerprint density at radius 2 is 2.24 bits per heavy atom. The minimum Gasteiger partial charge on any atom is -0.394 e. The summed E-state index contributed by atoms with van der Waals surface area (Å²) in [6, 6.07) is 0. The lowest BCUT2D eigenvalue weighted by atomic mass is 9.77. The number of aliphatic hydroxyl groups excluding tert-OH is 1. The molecule has 0 aliphatic heterocycles. The first-order valence-corrected chi connectivity index (χ1v) is 7.28. The van der Waals surface area contributed by atoms with Crippen LogP contribution < -0.4 is 5.32 Å². The second-order valence-electron chi connectivity index (χ2n) is 5.34. The lowest BCUT2D eigenvalue weighted by Gasteiger charge is -2.39. The van der Waals surface area contributed by atoms with E-state index in [1.807, 2.05) is 12.4 Å². The van der Waals surface area contributed by atoms with Gasteiger partial charge in [0, 0.05) is 17.0 Å². The molecule has 0 spiro atoms. The summed E-state index contributed by atoms with van der Waals surface area (Å²) in [5.74, 6) is 0.807. The lowest BCUT2D eigenvalue weighted by molar-refractivity contribution is 0.104. The Balaban J connectivity index is 1.94. The van der Waals surface area contributed by atoms with Crippen molar-refractivity contribution in [3.63, 3.8) is 0 Å². The van der Waals surface area contributed by atoms with Crippen molar-refractivity contribution in [2.45, 2.75) is 51.6 Å². The van der Waals surface area contributed by atoms with E-state index in [0.29, 0.717) is 0 Å². The van der Waals surface area contributed by atoms with Gasteiger partial charge in [-0.2, -0.15) is 0 Å². The molecule has 1 saturated carbocycles. The van der Waals surface area contributed by atoms with Crippen LogP contribution in [0, 0.1) is 12.8 Å². The predicted molar refractivity (Wildman–Crippen MR) is 71.1 cm³/mol. The Bertz CT molecular complexity index is 356. The van der Waals surface area contributed by atoms with Crippen LogP contribution in [0.15, 0.2) is 5.51 Å². The number of aromatic nitrogens is 1. The smallest absolute Gasteiger partial charge is 0.0798 e. The summed E-state index contributed by atoms with van der Waals surface area (Å²) in [5, 5.41) is 13.2. The van der Waals surface area contributed by atoms with Gasteiger partial charge in [0.2, 0.25) is 0 Å². The first kappa shape index (κ1) is 13.0. The van der Waals surface area contributed by atoms with Gasteiger partial charge in [-0.1, -0.05) is 6.92 Å². The van der Waals surface area contributed by atoms with Crippen LogP contribution >= 0.6 is 11.3 Å². The second kappa shape index (κ2) is 5.46. The molecular formula is C13H22N2OS. The van der Waals surface area contributed by atoms with E-state index in [4.69, 9.17) is 0 Å². The van der Waals surface area contributed by atoms with Crippen molar-refractivity contribution >= 4 is 11.3 Å². The standard InChI is InChI=1S/C13H22N2OS/c1-10-3-5-13(8-16,6-4-10)15-7-12-11(2)14-9-17-12/h9-10,15-16H,3-8H2,1-2H3. The number of nitrogens with zero attached hydrogens (tertiary/aromatic N) is 1. The number of hydrogen-bond donors (Lipinski definition) is 2. The molecule has 2 rings (SSSR count). The van der Waals surface area contributed by atoms with E-state index in [9.17, 15) is 5.11 Å². The van der Waals surface area contributed by atoms with E-state index >= 15 is 0 Å². The third-order valence-electron chi connectivity index (χ3n) is 4.00. The van der Waals surface area contributed by atoms with Gasteiger partial charge in [0.25, 0.3) is 0 Å². The second-order valence-corrected chi connectivity index (χ2v) is 6.27. The van der Waals surface area contributed by atoms with Gasteiger partial charge in [-0.05, 0) is 38.5 Å². The molecular weight excluding hydrogens is 232 g/mol. The molecule has 1 aromatic rings. The minimum absolute atomic E-state index is 0.0526. The summed E-state index contributed by atoms with van der Waals surface area (Å²) in [7, 11) is 0. The molecule has 4 heteroatoms. The van der Waals surface area contributed by atoms with Crippen LogP contribution in [0.5, 0.6) is 0 Å². The third-order valence-corrected chi connectivity index (χ3v) is 4.94. The SMILES string of the molecule is Cc1ncsc1CNC1(CO)CCC(C)CC1. The van der Waals surface area contributed by atoms with Gasteiger partial charge >= 0.3 is 0 Å². The van der Waals surface area contributed by atoms with Gasteiger partial charge in [-0.25, -0.2) is 4.98 Å². The highest BCUT2D eigenvalue weighted by Gasteiger charge is 2.33. The highest BCUT2D eigenvalue weighted by molar-refractivity contribution is 7.09. The zero-order valence-electron chi connectivity index (χ0n) is 10.7. The van der Waals surface area contributed by atoms with Gasteiger partial charge < -0.3 is 10.4 Å². The van der Waals surface area contributed by atoms with E-state index in [0.717, 1.165) is 31.0 Å². The van der Waals surface area contributed by atoms with Crippen LogP contribution in [0.2, 0.25) is 0 Å². The quantitative estimate of drug-likeness (QED) is 0.867. The fraction of sp³-hybridized carbons (Fsp3) is 0.769. The largest absolute Gasteiger partial charge is 0.394 e. The van der Waals surface area contributed by atoms with Crippen molar-refractivity contribution in [2.75, 3.05) is 6.61 Å². The number of aryl methyl sites for hydroxylation is 1. The molecule has 0 bridgehead atoms. The van der Waals surface area contributed by atoms with E-state index in [2.05, 4.69) is 17.2 Å². The van der Waals surface area contributed by atoms with Gasteiger partial charge in [0.15, 0.2) is 0 Å². The fourth-order valence-corrected chi connectivity index (χ4v) is 3.19. The Kier molecular flexibility index (Phi) is 4.17. The average Bonchev–Trinajstić information content (AvgIpc) is 2.75. The molecule has 1 aliphatic carbocycles. The van der Waals surface area contributed by atoms with E-state index in [1.165, 1.54) is 17.7 Å². The van der Waals surface area contributed by atoms with Gasteiger partial charge in [0.05, 0.1) is 17.8 Å². The maximum atomic E-state index is 9.65. The van der Waals surface area contributed by atoms with Gasteiger partial charge in [0.1, 0.15) is 0 Å². The molecule has 1 fully saturated rings. The zero-order chi connectivity index (χ0) is 12.3. The average molecular weight is 254 g/mol. The fourth-order valence-electron chi connectivity index (χ4n) is 2.47. The zero-order valence-corrected chi connectivity index (χ0v) is 11.5. The van der Waals surface area contributed by atoms with Crippen LogP contribution in [0.4, 0.5) is 0 Å². The van der Waals surface area contributed by atoms with E-state index in [1.54, 1.807) is 11.3 Å². The molecule has 0 amide bonds. The van der Waals surface area contributed by atoms with E-state index in [-0.39, 0.29) is 12.1 Å². The molecule has 17 heavy (non-hydrogen) atoms. The summed E-state index contributed by atoms with van der Waals surface area (Å²) in [6.45, 7) is 5.43. The molecule has 0 aromatic carbocycles. The van der Waals surface area contributed by atoms with Crippen LogP contribution in [-0.4, -0.2) is 22.2 Å². The summed E-state index contributed by atoms with van der Waals surface area (Å²) < 4.78 is 0. The van der Waals surface area contributed by atoms with Crippen LogP contribution in [0.3, 0.4) is 0 Å². The van der Waals surface area contributed by atoms with Gasteiger partial charge in [-0.3, -0.25) is 0 Å². The molecule has 96 valence electrons. The first-order chi connectivity index (χ1) is 8.15. The molecule has 1 aromatic heterocycles. The normalized spacial score (nSPS) is 29.5. The van der Waals surface area contributed by atoms with Crippen LogP contribution in [-0.2, 0) is 6.54 Å². The van der Waals surface area contributed by atoms with Crippen molar-refractivity contribution in [1.29, 1.82) is 0 Å². The third kappa shape index (κ3) is 3.06. The van der Waals surface area contributed by atoms with Gasteiger partial charge in [-0.15, -0.1) is 11.3 Å². The Morgan fingerprint density at radius 1 is 1.53 bits per heavy atom. The first-order valence-electron chi connectivity index (χ1n) is 6.40. The Hall–Kier alpha value is -0.450. The molecule has 0 radical (unpaired) electrons. The van der Waals surface area contributed by atoms with Crippen molar-refractivity contribution in [2.24, 2.45) is 5.92 Å². The predicted octanol–water partition coefficient (Wildman–Crippen LogP) is 2.48. The Labute approximate surface area is 107 Å². The summed E-state index contributed by atoms with van der Waals surface area (Å²) in [5.41, 5.74) is 2.95. The van der Waals surface area contributed by atoms with Crippen LogP contribution in [0.25, 0.3) is 0 Å². The number of aliphatic hydroxyl groups is 1. The number of rotatable bonds is 4. The van der Waals surface area contributed by atoms with Crippen molar-refractivity contribution in [3.8, 4) is 0 Å². The molecule has 0 atom stereocenters. The maximum absolute atomic E-state index is 9.65. The number of thiazole rings is 1. The maximum Gasteiger partial charge on any atom is 0.0798 e. The Morgan fingerprint density at radius 3 is 2.76 bits per heavy atom. The summed E-state index contributed by atoms with van der Waals surface area (Å²) >= 11 is 1.69. The topological polar surface area (TPSA) is 45.2 Å². The molecule has 2 N–H and O–H groups in total.